The molecule has 2 aromatic carbocycles. The summed E-state index contributed by atoms with van der Waals surface area (Å²) in [5.74, 6) is -0.260. The average Bonchev–Trinajstić information content (AvgIpc) is 3.14. The van der Waals surface area contributed by atoms with E-state index in [1.165, 1.54) is 0 Å². The zero-order chi connectivity index (χ0) is 16.9. The molecule has 0 radical (unpaired) electrons. The molecule has 0 spiro atoms. The van der Waals surface area contributed by atoms with Gasteiger partial charge >= 0.3 is 5.97 Å². The largest absolute Gasteiger partial charge is 0.467 e. The third-order valence-corrected chi connectivity index (χ3v) is 3.69. The maximum absolute atomic E-state index is 12.3. The third-order valence-electron chi connectivity index (χ3n) is 3.69. The van der Waals surface area contributed by atoms with Gasteiger partial charge in [0.2, 0.25) is 0 Å². The first-order chi connectivity index (χ1) is 11.6. The van der Waals surface area contributed by atoms with Crippen molar-refractivity contribution in [2.24, 2.45) is 0 Å². The van der Waals surface area contributed by atoms with Crippen LogP contribution >= 0.6 is 0 Å². The van der Waals surface area contributed by atoms with Gasteiger partial charge in [-0.15, -0.1) is 0 Å². The van der Waals surface area contributed by atoms with Crippen LogP contribution in [0.5, 0.6) is 0 Å². The van der Waals surface area contributed by atoms with Crippen LogP contribution in [0.25, 0.3) is 10.8 Å². The molecule has 0 aliphatic heterocycles. The second kappa shape index (κ2) is 7.00. The molecule has 1 atom stereocenters. The maximum atomic E-state index is 12.3. The predicted octanol–water partition coefficient (Wildman–Crippen LogP) is 3.47. The smallest absolute Gasteiger partial charge is 0.339 e. The molecule has 0 bridgehead atoms. The van der Waals surface area contributed by atoms with E-state index in [4.69, 9.17) is 9.15 Å². The summed E-state index contributed by atoms with van der Waals surface area (Å²) in [4.78, 5) is 24.2. The minimum Gasteiger partial charge on any atom is -0.467 e. The van der Waals surface area contributed by atoms with Gasteiger partial charge in [-0.25, -0.2) is 4.79 Å². The van der Waals surface area contributed by atoms with E-state index in [1.807, 2.05) is 30.3 Å². The molecule has 0 saturated carbocycles. The van der Waals surface area contributed by atoms with E-state index in [-0.39, 0.29) is 18.6 Å². The molecule has 24 heavy (non-hydrogen) atoms. The van der Waals surface area contributed by atoms with E-state index in [9.17, 15) is 9.59 Å². The highest BCUT2D eigenvalue weighted by atomic mass is 16.5. The molecule has 1 amide bonds. The fourth-order valence-corrected chi connectivity index (χ4v) is 2.50. The number of fused-ring (bicyclic) bond motifs is 1. The van der Waals surface area contributed by atoms with Gasteiger partial charge in [-0.1, -0.05) is 36.4 Å². The lowest BCUT2D eigenvalue weighted by Crippen LogP contribution is -2.31. The van der Waals surface area contributed by atoms with Crippen molar-refractivity contribution in [2.75, 3.05) is 6.61 Å². The topological polar surface area (TPSA) is 68.5 Å². The Balaban J connectivity index is 1.61. The van der Waals surface area contributed by atoms with Gasteiger partial charge in [-0.2, -0.15) is 0 Å². The first-order valence-electron chi connectivity index (χ1n) is 7.63. The van der Waals surface area contributed by atoms with Crippen LogP contribution in [0.3, 0.4) is 0 Å². The molecule has 0 unspecified atom stereocenters. The van der Waals surface area contributed by atoms with Crippen molar-refractivity contribution in [1.29, 1.82) is 0 Å². The summed E-state index contributed by atoms with van der Waals surface area (Å²) >= 11 is 0. The number of ether oxygens (including phenoxy) is 1. The first-order valence-corrected chi connectivity index (χ1v) is 7.63. The third kappa shape index (κ3) is 3.46. The highest BCUT2D eigenvalue weighted by molar-refractivity contribution is 6.04. The zero-order valence-corrected chi connectivity index (χ0v) is 13.2. The summed E-state index contributed by atoms with van der Waals surface area (Å²) < 4.78 is 10.4. The van der Waals surface area contributed by atoms with Gasteiger partial charge in [-0.3, -0.25) is 4.79 Å². The Morgan fingerprint density at radius 3 is 2.67 bits per heavy atom. The quantitative estimate of drug-likeness (QED) is 0.730. The van der Waals surface area contributed by atoms with Crippen LogP contribution in [0.4, 0.5) is 0 Å². The van der Waals surface area contributed by atoms with Gasteiger partial charge in [0, 0.05) is 0 Å². The molecule has 5 nitrogen and oxygen atoms in total. The summed E-state index contributed by atoms with van der Waals surface area (Å²) in [6.07, 6.45) is 1.54. The molecule has 0 aliphatic rings. The van der Waals surface area contributed by atoms with Crippen molar-refractivity contribution in [2.45, 2.75) is 13.0 Å². The highest BCUT2D eigenvalue weighted by Gasteiger charge is 2.15. The van der Waals surface area contributed by atoms with Gasteiger partial charge < -0.3 is 14.5 Å². The van der Waals surface area contributed by atoms with Crippen LogP contribution in [-0.2, 0) is 9.53 Å². The van der Waals surface area contributed by atoms with Crippen LogP contribution < -0.4 is 5.32 Å². The van der Waals surface area contributed by atoms with Crippen molar-refractivity contribution >= 4 is 22.6 Å². The maximum Gasteiger partial charge on any atom is 0.339 e. The summed E-state index contributed by atoms with van der Waals surface area (Å²) in [6.45, 7) is 1.45. The van der Waals surface area contributed by atoms with E-state index in [0.29, 0.717) is 11.3 Å². The molecule has 1 N–H and O–H groups in total. The normalized spacial score (nSPS) is 11.9. The van der Waals surface area contributed by atoms with Crippen molar-refractivity contribution in [3.63, 3.8) is 0 Å². The number of carbonyl (C=O) groups is 2. The van der Waals surface area contributed by atoms with E-state index < -0.39 is 5.97 Å². The van der Waals surface area contributed by atoms with E-state index in [0.717, 1.165) is 10.8 Å². The Morgan fingerprint density at radius 1 is 1.08 bits per heavy atom. The van der Waals surface area contributed by atoms with Gasteiger partial charge in [0.15, 0.2) is 6.61 Å². The zero-order valence-electron chi connectivity index (χ0n) is 13.2. The summed E-state index contributed by atoms with van der Waals surface area (Å²) in [5, 5.41) is 4.46. The molecule has 0 saturated heterocycles. The van der Waals surface area contributed by atoms with Crippen molar-refractivity contribution in [1.82, 2.24) is 5.32 Å². The van der Waals surface area contributed by atoms with Crippen LogP contribution in [0.1, 0.15) is 29.1 Å². The molecule has 122 valence electrons. The molecule has 1 aromatic heterocycles. The molecule has 0 aliphatic carbocycles. The molecule has 1 heterocycles. The lowest BCUT2D eigenvalue weighted by atomic mass is 10.1. The number of hydrogen-bond donors (Lipinski definition) is 1. The Bertz CT molecular complexity index is 849. The Hall–Kier alpha value is -3.08. The standard InChI is InChI=1S/C19H17NO4/c1-13(17-10-5-11-23-17)20-18(21)12-24-19(22)16-9-4-7-14-6-2-3-8-15(14)16/h2-11,13H,12H2,1H3,(H,20,21)/t13-/m0/s1. The van der Waals surface area contributed by atoms with E-state index in [2.05, 4.69) is 5.32 Å². The minimum absolute atomic E-state index is 0.288. The molecule has 3 rings (SSSR count). The number of esters is 1. The Labute approximate surface area is 139 Å². The summed E-state index contributed by atoms with van der Waals surface area (Å²) in [7, 11) is 0. The van der Waals surface area contributed by atoms with Crippen LogP contribution in [-0.4, -0.2) is 18.5 Å². The van der Waals surface area contributed by atoms with Crippen molar-refractivity contribution in [3.05, 3.63) is 72.2 Å². The van der Waals surface area contributed by atoms with Crippen molar-refractivity contribution < 1.29 is 18.7 Å². The van der Waals surface area contributed by atoms with E-state index in [1.54, 1.807) is 37.5 Å². The summed E-state index contributed by atoms with van der Waals surface area (Å²) in [5.41, 5.74) is 0.444. The predicted molar refractivity (Wildman–Crippen MR) is 89.5 cm³/mol. The molecule has 5 heteroatoms. The number of carbonyl (C=O) groups excluding carboxylic acids is 2. The second-order valence-corrected chi connectivity index (χ2v) is 5.41. The average molecular weight is 323 g/mol. The second-order valence-electron chi connectivity index (χ2n) is 5.41. The fourth-order valence-electron chi connectivity index (χ4n) is 2.50. The van der Waals surface area contributed by atoms with Gasteiger partial charge in [0.25, 0.3) is 5.91 Å². The van der Waals surface area contributed by atoms with Gasteiger partial charge in [0.1, 0.15) is 5.76 Å². The van der Waals surface area contributed by atoms with Crippen LogP contribution in [0.15, 0.2) is 65.3 Å². The molecular formula is C19H17NO4. The van der Waals surface area contributed by atoms with Crippen molar-refractivity contribution in [3.8, 4) is 0 Å². The number of nitrogens with one attached hydrogen (secondary N) is 1. The monoisotopic (exact) mass is 323 g/mol. The lowest BCUT2D eigenvalue weighted by Gasteiger charge is -2.12. The Morgan fingerprint density at radius 2 is 1.88 bits per heavy atom. The fraction of sp³-hybridized carbons (Fsp3) is 0.158. The number of hydrogen-bond acceptors (Lipinski definition) is 4. The van der Waals surface area contributed by atoms with E-state index >= 15 is 0 Å². The number of amides is 1. The first kappa shape index (κ1) is 15.8. The Kier molecular flexibility index (Phi) is 4.61. The molecular weight excluding hydrogens is 306 g/mol. The van der Waals surface area contributed by atoms with Crippen LogP contribution in [0.2, 0.25) is 0 Å². The number of rotatable bonds is 5. The lowest BCUT2D eigenvalue weighted by molar-refractivity contribution is -0.125. The van der Waals surface area contributed by atoms with Crippen LogP contribution in [0, 0.1) is 0 Å². The highest BCUT2D eigenvalue weighted by Crippen LogP contribution is 2.19. The van der Waals surface area contributed by atoms with Gasteiger partial charge in [-0.05, 0) is 35.9 Å². The number of benzene rings is 2. The summed E-state index contributed by atoms with van der Waals surface area (Å²) in [6, 6.07) is 16.2. The molecule has 3 aromatic rings. The number of furan rings is 1. The SMILES string of the molecule is C[C@H](NC(=O)COC(=O)c1cccc2ccccc12)c1ccco1. The minimum atomic E-state index is -0.521. The molecule has 0 fully saturated rings. The van der Waals surface area contributed by atoms with Gasteiger partial charge in [0.05, 0.1) is 17.9 Å².